The van der Waals surface area contributed by atoms with Crippen LogP contribution in [0.25, 0.3) is 4.96 Å². The van der Waals surface area contributed by atoms with E-state index in [0.29, 0.717) is 4.96 Å². The minimum absolute atomic E-state index is 0.0663. The van der Waals surface area contributed by atoms with Gasteiger partial charge in [0.25, 0.3) is 5.56 Å². The molecule has 0 radical (unpaired) electrons. The summed E-state index contributed by atoms with van der Waals surface area (Å²) < 4.78 is 1.45. The van der Waals surface area contributed by atoms with E-state index >= 15 is 0 Å². The molecule has 23 heavy (non-hydrogen) atoms. The molecule has 1 aliphatic rings. The Morgan fingerprint density at radius 1 is 1.17 bits per heavy atom. The zero-order valence-corrected chi connectivity index (χ0v) is 14.8. The van der Waals surface area contributed by atoms with E-state index in [1.54, 1.807) is 6.07 Å². The van der Waals surface area contributed by atoms with E-state index in [4.69, 9.17) is 0 Å². The predicted octanol–water partition coefficient (Wildman–Crippen LogP) is 2.03. The first-order chi connectivity index (χ1) is 11.2. The average molecular weight is 335 g/mol. The number of aromatic nitrogens is 3. The molecule has 0 atom stereocenters. The number of nitrogens with zero attached hydrogens (tertiary/aromatic N) is 5. The second-order valence-electron chi connectivity index (χ2n) is 6.10. The zero-order valence-electron chi connectivity index (χ0n) is 14.0. The molecule has 3 rings (SSSR count). The summed E-state index contributed by atoms with van der Waals surface area (Å²) in [6.07, 6.45) is 4.17. The van der Waals surface area contributed by atoms with Crippen molar-refractivity contribution in [2.24, 2.45) is 0 Å². The highest BCUT2D eigenvalue weighted by Gasteiger charge is 2.18. The van der Waals surface area contributed by atoms with E-state index in [0.717, 1.165) is 62.8 Å². The standard InChI is InChI=1S/C16H25N5OS/c1-3-6-13-12-14(22)21-15(17-13)23-16(18-21)20-9-5-8-19(7-4-2)10-11-20/h12H,3-11H2,1-2H3. The van der Waals surface area contributed by atoms with Crippen molar-refractivity contribution in [3.63, 3.8) is 0 Å². The number of aryl methyl sites for hydroxylation is 1. The lowest BCUT2D eigenvalue weighted by molar-refractivity contribution is 0.294. The van der Waals surface area contributed by atoms with Gasteiger partial charge >= 0.3 is 0 Å². The van der Waals surface area contributed by atoms with Gasteiger partial charge in [0.05, 0.1) is 0 Å². The largest absolute Gasteiger partial charge is 0.345 e. The van der Waals surface area contributed by atoms with Crippen LogP contribution in [0.3, 0.4) is 0 Å². The van der Waals surface area contributed by atoms with Crippen molar-refractivity contribution >= 4 is 21.4 Å². The van der Waals surface area contributed by atoms with Crippen LogP contribution in [0.15, 0.2) is 10.9 Å². The van der Waals surface area contributed by atoms with Gasteiger partial charge in [-0.25, -0.2) is 4.98 Å². The Kier molecular flexibility index (Phi) is 5.27. The SMILES string of the molecule is CCCc1cc(=O)n2nc(N3CCCN(CCC)CC3)sc2n1. The van der Waals surface area contributed by atoms with Gasteiger partial charge in [-0.3, -0.25) is 4.79 Å². The summed E-state index contributed by atoms with van der Waals surface area (Å²) >= 11 is 1.53. The van der Waals surface area contributed by atoms with E-state index in [-0.39, 0.29) is 5.56 Å². The van der Waals surface area contributed by atoms with Crippen molar-refractivity contribution in [1.29, 1.82) is 0 Å². The third-order valence-electron chi connectivity index (χ3n) is 4.19. The lowest BCUT2D eigenvalue weighted by Gasteiger charge is -2.20. The lowest BCUT2D eigenvalue weighted by atomic mass is 10.2. The first-order valence-corrected chi connectivity index (χ1v) is 9.40. The van der Waals surface area contributed by atoms with Gasteiger partial charge in [0, 0.05) is 31.4 Å². The van der Waals surface area contributed by atoms with Gasteiger partial charge in [0.15, 0.2) is 0 Å². The van der Waals surface area contributed by atoms with E-state index < -0.39 is 0 Å². The maximum atomic E-state index is 12.2. The van der Waals surface area contributed by atoms with Crippen LogP contribution in [0.5, 0.6) is 0 Å². The van der Waals surface area contributed by atoms with Crippen molar-refractivity contribution in [1.82, 2.24) is 19.5 Å². The summed E-state index contributed by atoms with van der Waals surface area (Å²) in [5.41, 5.74) is 0.807. The summed E-state index contributed by atoms with van der Waals surface area (Å²) in [6, 6.07) is 1.62. The fourth-order valence-corrected chi connectivity index (χ4v) is 4.04. The fourth-order valence-electron chi connectivity index (χ4n) is 3.06. The van der Waals surface area contributed by atoms with Crippen LogP contribution in [0.1, 0.15) is 38.8 Å². The highest BCUT2D eigenvalue weighted by atomic mass is 32.1. The van der Waals surface area contributed by atoms with Crippen molar-refractivity contribution in [3.05, 3.63) is 22.1 Å². The monoisotopic (exact) mass is 335 g/mol. The zero-order chi connectivity index (χ0) is 16.2. The number of hydrogen-bond donors (Lipinski definition) is 0. The van der Waals surface area contributed by atoms with E-state index in [1.807, 2.05) is 0 Å². The third kappa shape index (κ3) is 3.72. The van der Waals surface area contributed by atoms with Gasteiger partial charge in [0.2, 0.25) is 10.1 Å². The summed E-state index contributed by atoms with van der Waals surface area (Å²) in [7, 11) is 0. The van der Waals surface area contributed by atoms with Gasteiger partial charge < -0.3 is 9.80 Å². The average Bonchev–Trinajstić information content (AvgIpc) is 2.81. The summed E-state index contributed by atoms with van der Waals surface area (Å²) in [5, 5.41) is 5.44. The number of rotatable bonds is 5. The minimum atomic E-state index is -0.0663. The van der Waals surface area contributed by atoms with Crippen LogP contribution < -0.4 is 10.5 Å². The Morgan fingerprint density at radius 3 is 2.83 bits per heavy atom. The molecule has 0 bridgehead atoms. The summed E-state index contributed by atoms with van der Waals surface area (Å²) in [5.74, 6) is 0. The molecule has 126 valence electrons. The Morgan fingerprint density at radius 2 is 2.04 bits per heavy atom. The molecule has 1 saturated heterocycles. The third-order valence-corrected chi connectivity index (χ3v) is 5.16. The van der Waals surface area contributed by atoms with Crippen molar-refractivity contribution in [2.45, 2.75) is 39.5 Å². The Balaban J connectivity index is 1.82. The van der Waals surface area contributed by atoms with E-state index in [2.05, 4.69) is 33.7 Å². The van der Waals surface area contributed by atoms with Crippen molar-refractivity contribution in [2.75, 3.05) is 37.6 Å². The first kappa shape index (κ1) is 16.4. The van der Waals surface area contributed by atoms with E-state index in [9.17, 15) is 4.79 Å². The Hall–Kier alpha value is -1.47. The summed E-state index contributed by atoms with van der Waals surface area (Å²) in [6.45, 7) is 9.66. The Labute approximate surface area is 140 Å². The topological polar surface area (TPSA) is 53.7 Å². The molecule has 0 amide bonds. The quantitative estimate of drug-likeness (QED) is 0.837. The van der Waals surface area contributed by atoms with Crippen LogP contribution in [0.4, 0.5) is 5.13 Å². The normalized spacial score (nSPS) is 16.9. The fraction of sp³-hybridized carbons (Fsp3) is 0.688. The molecule has 0 N–H and O–H groups in total. The smallest absolute Gasteiger partial charge is 0.275 e. The van der Waals surface area contributed by atoms with Crippen LogP contribution in [0.2, 0.25) is 0 Å². The molecular formula is C16H25N5OS. The van der Waals surface area contributed by atoms with E-state index in [1.165, 1.54) is 22.3 Å². The first-order valence-electron chi connectivity index (χ1n) is 8.58. The van der Waals surface area contributed by atoms with Crippen LogP contribution >= 0.6 is 11.3 Å². The molecule has 0 saturated carbocycles. The number of fused-ring (bicyclic) bond motifs is 1. The van der Waals surface area contributed by atoms with Crippen LogP contribution in [0, 0.1) is 0 Å². The predicted molar refractivity (Wildman–Crippen MR) is 94.7 cm³/mol. The molecule has 0 aromatic carbocycles. The van der Waals surface area contributed by atoms with Crippen molar-refractivity contribution in [3.8, 4) is 0 Å². The maximum absolute atomic E-state index is 12.2. The molecule has 7 heteroatoms. The Bertz CT molecular complexity index is 710. The van der Waals surface area contributed by atoms with Gasteiger partial charge in [-0.15, -0.1) is 5.10 Å². The molecule has 2 aromatic heterocycles. The molecule has 1 fully saturated rings. The highest BCUT2D eigenvalue weighted by Crippen LogP contribution is 2.22. The molecule has 3 heterocycles. The number of hydrogen-bond acceptors (Lipinski definition) is 6. The van der Waals surface area contributed by atoms with Gasteiger partial charge in [-0.05, 0) is 32.4 Å². The second-order valence-corrected chi connectivity index (χ2v) is 7.03. The highest BCUT2D eigenvalue weighted by molar-refractivity contribution is 7.20. The van der Waals surface area contributed by atoms with Crippen LogP contribution in [-0.4, -0.2) is 52.2 Å². The second kappa shape index (κ2) is 7.40. The van der Waals surface area contributed by atoms with Crippen molar-refractivity contribution < 1.29 is 0 Å². The molecule has 0 unspecified atom stereocenters. The summed E-state index contributed by atoms with van der Waals surface area (Å²) in [4.78, 5) is 22.3. The van der Waals surface area contributed by atoms with Gasteiger partial charge in [-0.1, -0.05) is 31.6 Å². The maximum Gasteiger partial charge on any atom is 0.275 e. The van der Waals surface area contributed by atoms with Gasteiger partial charge in [-0.2, -0.15) is 4.52 Å². The molecule has 6 nitrogen and oxygen atoms in total. The van der Waals surface area contributed by atoms with Gasteiger partial charge in [0.1, 0.15) is 0 Å². The molecule has 0 aliphatic carbocycles. The molecule has 1 aliphatic heterocycles. The number of anilines is 1. The lowest BCUT2D eigenvalue weighted by Crippen LogP contribution is -2.31. The molecule has 2 aromatic rings. The minimum Gasteiger partial charge on any atom is -0.345 e. The molecular weight excluding hydrogens is 310 g/mol. The van der Waals surface area contributed by atoms with Crippen LogP contribution in [-0.2, 0) is 6.42 Å². The molecule has 0 spiro atoms.